The first-order chi connectivity index (χ1) is 9.08. The van der Waals surface area contributed by atoms with E-state index in [-0.39, 0.29) is 18.0 Å². The Bertz CT molecular complexity index is 428. The Morgan fingerprint density at radius 1 is 1.26 bits per heavy atom. The smallest absolute Gasteiger partial charge is 0.337 e. The second-order valence-corrected chi connectivity index (χ2v) is 4.04. The summed E-state index contributed by atoms with van der Waals surface area (Å²) in [6.45, 7) is 4.43. The van der Waals surface area contributed by atoms with Crippen molar-refractivity contribution in [3.05, 3.63) is 35.4 Å². The summed E-state index contributed by atoms with van der Waals surface area (Å²) in [6.07, 6.45) is 0. The molecule has 0 amide bonds. The zero-order valence-electron chi connectivity index (χ0n) is 11.4. The van der Waals surface area contributed by atoms with Crippen molar-refractivity contribution < 1.29 is 19.1 Å². The van der Waals surface area contributed by atoms with Gasteiger partial charge in [-0.2, -0.15) is 0 Å². The minimum Gasteiger partial charge on any atom is -0.465 e. The highest BCUT2D eigenvalue weighted by molar-refractivity contribution is 5.89. The van der Waals surface area contributed by atoms with Crippen molar-refractivity contribution in [2.75, 3.05) is 13.7 Å². The summed E-state index contributed by atoms with van der Waals surface area (Å²) in [5, 5.41) is 3.06. The van der Waals surface area contributed by atoms with Crippen molar-refractivity contribution in [3.8, 4) is 0 Å². The number of hydrogen-bond donors (Lipinski definition) is 1. The Hall–Kier alpha value is -1.88. The van der Waals surface area contributed by atoms with E-state index < -0.39 is 0 Å². The molecule has 0 bridgehead atoms. The summed E-state index contributed by atoms with van der Waals surface area (Å²) in [4.78, 5) is 22.7. The first-order valence-corrected chi connectivity index (χ1v) is 6.15. The molecule has 0 saturated heterocycles. The highest BCUT2D eigenvalue weighted by Gasteiger charge is 2.12. The Balaban J connectivity index is 2.50. The summed E-state index contributed by atoms with van der Waals surface area (Å²) in [7, 11) is 1.35. The fourth-order valence-electron chi connectivity index (χ4n) is 1.50. The third-order valence-corrected chi connectivity index (χ3v) is 2.63. The van der Waals surface area contributed by atoms with Gasteiger partial charge in [0, 0.05) is 6.54 Å². The Morgan fingerprint density at radius 3 is 2.42 bits per heavy atom. The fourth-order valence-corrected chi connectivity index (χ4v) is 1.50. The molecule has 0 aliphatic rings. The van der Waals surface area contributed by atoms with Crippen LogP contribution in [0.15, 0.2) is 24.3 Å². The van der Waals surface area contributed by atoms with Gasteiger partial charge >= 0.3 is 11.9 Å². The molecule has 5 nitrogen and oxygen atoms in total. The van der Waals surface area contributed by atoms with Crippen molar-refractivity contribution in [2.45, 2.75) is 26.4 Å². The molecule has 1 atom stereocenters. The molecule has 5 heteroatoms. The normalized spacial score (nSPS) is 11.7. The molecular formula is C14H19NO4. The lowest BCUT2D eigenvalue weighted by molar-refractivity contribution is -0.145. The molecule has 0 aromatic heterocycles. The number of carbonyl (C=O) groups excluding carboxylic acids is 2. The zero-order chi connectivity index (χ0) is 14.3. The maximum Gasteiger partial charge on any atom is 0.337 e. The van der Waals surface area contributed by atoms with E-state index in [1.165, 1.54) is 7.11 Å². The second-order valence-electron chi connectivity index (χ2n) is 4.04. The SMILES string of the molecule is CCOC(=O)C(C)NCc1ccc(C(=O)OC)cc1. The van der Waals surface area contributed by atoms with Gasteiger partial charge in [0.05, 0.1) is 19.3 Å². The lowest BCUT2D eigenvalue weighted by Gasteiger charge is -2.12. The maximum atomic E-state index is 11.4. The van der Waals surface area contributed by atoms with E-state index in [0.29, 0.717) is 18.7 Å². The molecule has 1 aromatic carbocycles. The van der Waals surface area contributed by atoms with Gasteiger partial charge in [-0.3, -0.25) is 4.79 Å². The van der Waals surface area contributed by atoms with Crippen LogP contribution in [0.1, 0.15) is 29.8 Å². The largest absolute Gasteiger partial charge is 0.465 e. The van der Waals surface area contributed by atoms with Crippen LogP contribution in [-0.2, 0) is 20.8 Å². The molecule has 0 aliphatic heterocycles. The van der Waals surface area contributed by atoms with Gasteiger partial charge in [-0.25, -0.2) is 4.79 Å². The van der Waals surface area contributed by atoms with E-state index in [4.69, 9.17) is 4.74 Å². The third-order valence-electron chi connectivity index (χ3n) is 2.63. The fraction of sp³-hybridized carbons (Fsp3) is 0.429. The molecule has 1 unspecified atom stereocenters. The van der Waals surface area contributed by atoms with Crippen LogP contribution in [0.2, 0.25) is 0 Å². The second kappa shape index (κ2) is 7.53. The summed E-state index contributed by atoms with van der Waals surface area (Å²) in [5.74, 6) is -0.631. The number of esters is 2. The van der Waals surface area contributed by atoms with Crippen LogP contribution >= 0.6 is 0 Å². The van der Waals surface area contributed by atoms with Crippen molar-refractivity contribution in [2.24, 2.45) is 0 Å². The van der Waals surface area contributed by atoms with Gasteiger partial charge in [-0.15, -0.1) is 0 Å². The number of ether oxygens (including phenoxy) is 2. The van der Waals surface area contributed by atoms with E-state index in [0.717, 1.165) is 5.56 Å². The molecule has 1 N–H and O–H groups in total. The molecule has 104 valence electrons. The van der Waals surface area contributed by atoms with Gasteiger partial charge in [0.1, 0.15) is 6.04 Å². The van der Waals surface area contributed by atoms with Crippen molar-refractivity contribution in [1.82, 2.24) is 5.32 Å². The average Bonchev–Trinajstić information content (AvgIpc) is 2.44. The standard InChI is InChI=1S/C14H19NO4/c1-4-19-13(16)10(2)15-9-11-5-7-12(8-6-11)14(17)18-3/h5-8,10,15H,4,9H2,1-3H3. The molecule has 0 heterocycles. The molecule has 1 aromatic rings. The van der Waals surface area contributed by atoms with Crippen LogP contribution in [0, 0.1) is 0 Å². The number of carbonyl (C=O) groups is 2. The van der Waals surface area contributed by atoms with Crippen LogP contribution in [0.3, 0.4) is 0 Å². The van der Waals surface area contributed by atoms with E-state index in [9.17, 15) is 9.59 Å². The molecule has 0 saturated carbocycles. The quantitative estimate of drug-likeness (QED) is 0.790. The first kappa shape index (κ1) is 15.2. The minimum absolute atomic E-state index is 0.270. The van der Waals surface area contributed by atoms with Gasteiger partial charge in [0.2, 0.25) is 0 Å². The Morgan fingerprint density at radius 2 is 1.89 bits per heavy atom. The van der Waals surface area contributed by atoms with Gasteiger partial charge in [0.25, 0.3) is 0 Å². The maximum absolute atomic E-state index is 11.4. The number of benzene rings is 1. The molecule has 1 rings (SSSR count). The van der Waals surface area contributed by atoms with Crippen LogP contribution < -0.4 is 5.32 Å². The molecule has 0 spiro atoms. The van der Waals surface area contributed by atoms with Crippen LogP contribution in [0.4, 0.5) is 0 Å². The van der Waals surface area contributed by atoms with Crippen molar-refractivity contribution in [1.29, 1.82) is 0 Å². The highest BCUT2D eigenvalue weighted by atomic mass is 16.5. The van der Waals surface area contributed by atoms with E-state index >= 15 is 0 Å². The van der Waals surface area contributed by atoms with Crippen molar-refractivity contribution >= 4 is 11.9 Å². The Labute approximate surface area is 112 Å². The third kappa shape index (κ3) is 4.71. The molecular weight excluding hydrogens is 246 g/mol. The minimum atomic E-state index is -0.362. The van der Waals surface area contributed by atoms with Gasteiger partial charge in [-0.05, 0) is 31.5 Å². The van der Waals surface area contributed by atoms with Crippen LogP contribution in [0.5, 0.6) is 0 Å². The van der Waals surface area contributed by atoms with Crippen LogP contribution in [-0.4, -0.2) is 31.7 Å². The molecule has 0 radical (unpaired) electrons. The van der Waals surface area contributed by atoms with Gasteiger partial charge in [0.15, 0.2) is 0 Å². The van der Waals surface area contributed by atoms with Crippen molar-refractivity contribution in [3.63, 3.8) is 0 Å². The van der Waals surface area contributed by atoms with E-state index in [1.54, 1.807) is 26.0 Å². The summed E-state index contributed by atoms with van der Waals surface area (Å²) in [6, 6.07) is 6.66. The number of methoxy groups -OCH3 is 1. The first-order valence-electron chi connectivity index (χ1n) is 6.15. The predicted molar refractivity (Wildman–Crippen MR) is 70.7 cm³/mol. The zero-order valence-corrected chi connectivity index (χ0v) is 11.4. The summed E-state index contributed by atoms with van der Waals surface area (Å²) < 4.78 is 9.51. The summed E-state index contributed by atoms with van der Waals surface area (Å²) >= 11 is 0. The lowest BCUT2D eigenvalue weighted by Crippen LogP contribution is -2.34. The predicted octanol–water partition coefficient (Wildman–Crippen LogP) is 1.51. The molecule has 0 aliphatic carbocycles. The number of hydrogen-bond acceptors (Lipinski definition) is 5. The van der Waals surface area contributed by atoms with E-state index in [2.05, 4.69) is 10.1 Å². The Kier molecular flexibility index (Phi) is 6.02. The van der Waals surface area contributed by atoms with E-state index in [1.807, 2.05) is 12.1 Å². The monoisotopic (exact) mass is 265 g/mol. The molecule has 0 fully saturated rings. The van der Waals surface area contributed by atoms with Gasteiger partial charge in [-0.1, -0.05) is 12.1 Å². The van der Waals surface area contributed by atoms with Crippen LogP contribution in [0.25, 0.3) is 0 Å². The summed E-state index contributed by atoms with van der Waals surface area (Å²) in [5.41, 5.74) is 1.48. The molecule has 19 heavy (non-hydrogen) atoms. The topological polar surface area (TPSA) is 64.6 Å². The number of nitrogens with one attached hydrogen (secondary N) is 1. The highest BCUT2D eigenvalue weighted by Crippen LogP contribution is 2.06. The number of rotatable bonds is 6. The average molecular weight is 265 g/mol. The lowest BCUT2D eigenvalue weighted by atomic mass is 10.1. The van der Waals surface area contributed by atoms with Gasteiger partial charge < -0.3 is 14.8 Å².